The Morgan fingerprint density at radius 3 is 1.64 bits per heavy atom. The van der Waals surface area contributed by atoms with Crippen molar-refractivity contribution in [1.29, 1.82) is 0 Å². The van der Waals surface area contributed by atoms with Crippen LogP contribution in [-0.2, 0) is 28.7 Å². The van der Waals surface area contributed by atoms with Crippen molar-refractivity contribution in [1.82, 2.24) is 0 Å². The predicted octanol–water partition coefficient (Wildman–Crippen LogP) is 2.82. The van der Waals surface area contributed by atoms with Crippen LogP contribution in [0.15, 0.2) is 0 Å². The zero-order chi connectivity index (χ0) is 25.1. The fourth-order valence-corrected chi connectivity index (χ4v) is 3.19. The molecule has 0 aliphatic heterocycles. The van der Waals surface area contributed by atoms with Crippen LogP contribution in [0, 0.1) is 0 Å². The van der Waals surface area contributed by atoms with E-state index >= 15 is 0 Å². The maximum Gasteiger partial charge on any atom is 0.336 e. The summed E-state index contributed by atoms with van der Waals surface area (Å²) in [7, 11) is 0. The van der Waals surface area contributed by atoms with Gasteiger partial charge in [0.05, 0.1) is 12.8 Å². The molecule has 0 fully saturated rings. The van der Waals surface area contributed by atoms with Crippen LogP contribution in [0.1, 0.15) is 96.8 Å². The average molecular weight is 477 g/mol. The molecule has 0 radical (unpaired) electrons. The van der Waals surface area contributed by atoms with Crippen LogP contribution in [0.4, 0.5) is 0 Å². The number of rotatable bonds is 21. The van der Waals surface area contributed by atoms with Crippen molar-refractivity contribution in [3.05, 3.63) is 0 Å². The maximum absolute atomic E-state index is 11.7. The van der Waals surface area contributed by atoms with Crippen LogP contribution in [0.2, 0.25) is 0 Å². The molecule has 0 aromatic rings. The van der Waals surface area contributed by atoms with E-state index in [1.165, 1.54) is 44.9 Å². The zero-order valence-electron chi connectivity index (χ0n) is 19.6. The molecule has 0 rings (SSSR count). The highest BCUT2D eigenvalue weighted by Crippen LogP contribution is 2.17. The highest BCUT2D eigenvalue weighted by Gasteiger charge is 2.41. The predicted molar refractivity (Wildman–Crippen MR) is 118 cm³/mol. The minimum Gasteiger partial charge on any atom is -0.481 e. The summed E-state index contributed by atoms with van der Waals surface area (Å²) >= 11 is 0. The molecule has 0 spiro atoms. The molecule has 0 heterocycles. The third-order valence-electron chi connectivity index (χ3n) is 5.14. The van der Waals surface area contributed by atoms with Crippen LogP contribution < -0.4 is 0 Å². The first kappa shape index (κ1) is 30.8. The van der Waals surface area contributed by atoms with Crippen molar-refractivity contribution < 1.29 is 49.1 Å². The topological polar surface area (TPSA) is 168 Å². The Kier molecular flexibility index (Phi) is 17.0. The summed E-state index contributed by atoms with van der Waals surface area (Å²) in [4.78, 5) is 45.0. The minimum absolute atomic E-state index is 0.227. The summed E-state index contributed by atoms with van der Waals surface area (Å²) in [6, 6.07) is 0. The van der Waals surface area contributed by atoms with Gasteiger partial charge in [0.2, 0.25) is 0 Å². The summed E-state index contributed by atoms with van der Waals surface area (Å²) in [6.45, 7) is 1.21. The lowest BCUT2D eigenvalue weighted by Gasteiger charge is -2.20. The van der Waals surface area contributed by atoms with Crippen molar-refractivity contribution in [2.45, 2.75) is 109 Å². The summed E-state index contributed by atoms with van der Waals surface area (Å²) in [5, 5.41) is 37.0. The molecular formula is C23H40O10. The molecule has 0 amide bonds. The van der Waals surface area contributed by atoms with Crippen LogP contribution in [0.5, 0.6) is 0 Å². The molecule has 10 nitrogen and oxygen atoms in total. The van der Waals surface area contributed by atoms with Gasteiger partial charge in [-0.25, -0.2) is 4.79 Å². The summed E-state index contributed by atoms with van der Waals surface area (Å²) in [5.74, 6) is -5.15. The number of aliphatic carboxylic acids is 2. The van der Waals surface area contributed by atoms with Crippen molar-refractivity contribution >= 4 is 23.9 Å². The zero-order valence-corrected chi connectivity index (χ0v) is 19.6. The number of carbonyl (C=O) groups is 4. The Morgan fingerprint density at radius 1 is 0.727 bits per heavy atom. The van der Waals surface area contributed by atoms with Gasteiger partial charge in [-0.15, -0.1) is 0 Å². The van der Waals surface area contributed by atoms with Gasteiger partial charge >= 0.3 is 23.9 Å². The molecule has 0 aromatic carbocycles. The van der Waals surface area contributed by atoms with Crippen molar-refractivity contribution in [2.75, 3.05) is 13.2 Å². The highest BCUT2D eigenvalue weighted by molar-refractivity contribution is 5.88. The van der Waals surface area contributed by atoms with Gasteiger partial charge in [-0.1, -0.05) is 71.1 Å². The number of ether oxygens (including phenoxy) is 2. The summed E-state index contributed by atoms with van der Waals surface area (Å²) in [6.07, 6.45) is 9.38. The number of unbranched alkanes of at least 4 members (excludes halogenated alkanes) is 10. The van der Waals surface area contributed by atoms with Gasteiger partial charge < -0.3 is 29.9 Å². The van der Waals surface area contributed by atoms with Crippen LogP contribution >= 0.6 is 0 Å². The van der Waals surface area contributed by atoms with E-state index in [9.17, 15) is 29.4 Å². The van der Waals surface area contributed by atoms with Crippen molar-refractivity contribution in [3.63, 3.8) is 0 Å². The standard InChI is InChI=1S/C23H40O10/c1-2-3-4-5-6-7-8-9-10-11-12-13-20(27)32-16-18(24)17-33-21(28)15-23(31,22(29)30)14-19(25)26/h18,24,31H,2-17H2,1H3,(H,25,26)(H,29,30). The minimum atomic E-state index is -2.81. The molecule has 10 heteroatoms. The number of carboxylic acids is 2. The number of aliphatic hydroxyl groups excluding tert-OH is 1. The normalized spacial score (nSPS) is 13.7. The van der Waals surface area contributed by atoms with E-state index in [1.807, 2.05) is 0 Å². The Bertz CT molecular complexity index is 592. The second kappa shape index (κ2) is 18.3. The lowest BCUT2D eigenvalue weighted by Crippen LogP contribution is -2.43. The molecule has 33 heavy (non-hydrogen) atoms. The van der Waals surface area contributed by atoms with Gasteiger partial charge in [0.15, 0.2) is 5.60 Å². The van der Waals surface area contributed by atoms with E-state index in [2.05, 4.69) is 11.7 Å². The SMILES string of the molecule is CCCCCCCCCCCCCC(=O)OCC(O)COC(=O)CC(O)(CC(=O)O)C(=O)O. The lowest BCUT2D eigenvalue weighted by atomic mass is 9.96. The fraction of sp³-hybridized carbons (Fsp3) is 0.826. The molecule has 0 aliphatic carbocycles. The van der Waals surface area contributed by atoms with E-state index in [-0.39, 0.29) is 6.42 Å². The van der Waals surface area contributed by atoms with Gasteiger partial charge in [0, 0.05) is 6.42 Å². The first-order valence-corrected chi connectivity index (χ1v) is 11.8. The van der Waals surface area contributed by atoms with Gasteiger partial charge in [0.1, 0.15) is 19.3 Å². The molecule has 2 unspecified atom stereocenters. The molecular weight excluding hydrogens is 436 g/mol. The van der Waals surface area contributed by atoms with Crippen molar-refractivity contribution in [3.8, 4) is 0 Å². The average Bonchev–Trinajstić information content (AvgIpc) is 2.73. The van der Waals surface area contributed by atoms with E-state index < -0.39 is 61.6 Å². The molecule has 2 atom stereocenters. The van der Waals surface area contributed by atoms with Gasteiger partial charge in [-0.2, -0.15) is 0 Å². The van der Waals surface area contributed by atoms with E-state index in [1.54, 1.807) is 0 Å². The highest BCUT2D eigenvalue weighted by atomic mass is 16.6. The third-order valence-corrected chi connectivity index (χ3v) is 5.14. The molecule has 0 aromatic heterocycles. The van der Waals surface area contributed by atoms with E-state index in [0.717, 1.165) is 19.3 Å². The Labute approximate surface area is 195 Å². The maximum atomic E-state index is 11.7. The number of esters is 2. The first-order chi connectivity index (χ1) is 15.6. The second-order valence-corrected chi connectivity index (χ2v) is 8.39. The van der Waals surface area contributed by atoms with Crippen LogP contribution in [-0.4, -0.2) is 69.2 Å². The molecule has 192 valence electrons. The molecule has 0 saturated heterocycles. The Morgan fingerprint density at radius 2 is 1.18 bits per heavy atom. The molecule has 0 bridgehead atoms. The molecule has 4 N–H and O–H groups in total. The Balaban J connectivity index is 3.83. The van der Waals surface area contributed by atoms with Crippen LogP contribution in [0.3, 0.4) is 0 Å². The first-order valence-electron chi connectivity index (χ1n) is 11.8. The largest absolute Gasteiger partial charge is 0.481 e. The number of carbonyl (C=O) groups excluding carboxylic acids is 2. The molecule has 0 aliphatic rings. The van der Waals surface area contributed by atoms with Gasteiger partial charge in [-0.05, 0) is 6.42 Å². The lowest BCUT2D eigenvalue weighted by molar-refractivity contribution is -0.173. The summed E-state index contributed by atoms with van der Waals surface area (Å²) in [5.41, 5.74) is -2.81. The molecule has 0 saturated carbocycles. The third kappa shape index (κ3) is 17.0. The van der Waals surface area contributed by atoms with Crippen molar-refractivity contribution in [2.24, 2.45) is 0 Å². The van der Waals surface area contributed by atoms with E-state index in [4.69, 9.17) is 14.9 Å². The van der Waals surface area contributed by atoms with Gasteiger partial charge in [-0.3, -0.25) is 14.4 Å². The Hall–Kier alpha value is -2.20. The fourth-order valence-electron chi connectivity index (χ4n) is 3.19. The second-order valence-electron chi connectivity index (χ2n) is 8.39. The van der Waals surface area contributed by atoms with E-state index in [0.29, 0.717) is 6.42 Å². The number of hydrogen-bond acceptors (Lipinski definition) is 8. The smallest absolute Gasteiger partial charge is 0.336 e. The van der Waals surface area contributed by atoms with Gasteiger partial charge in [0.25, 0.3) is 0 Å². The number of carboxylic acid groups (broad SMARTS) is 2. The number of aliphatic hydroxyl groups is 2. The monoisotopic (exact) mass is 476 g/mol. The quantitative estimate of drug-likeness (QED) is 0.143. The number of hydrogen-bond donors (Lipinski definition) is 4. The summed E-state index contributed by atoms with van der Waals surface area (Å²) < 4.78 is 9.56. The van der Waals surface area contributed by atoms with Crippen LogP contribution in [0.25, 0.3) is 0 Å².